The van der Waals surface area contributed by atoms with E-state index in [1.807, 2.05) is 0 Å². The average molecular weight is 314 g/mol. The topological polar surface area (TPSA) is 93.9 Å². The lowest BCUT2D eigenvalue weighted by atomic mass is 10.2. The summed E-state index contributed by atoms with van der Waals surface area (Å²) in [6.07, 6.45) is 0. The lowest BCUT2D eigenvalue weighted by Crippen LogP contribution is -2.03. The number of nitrogens with zero attached hydrogens (tertiary/aromatic N) is 3. The highest BCUT2D eigenvalue weighted by molar-refractivity contribution is 5.51. The van der Waals surface area contributed by atoms with Crippen LogP contribution in [0.4, 0.5) is 40.3 Å². The van der Waals surface area contributed by atoms with E-state index in [1.165, 1.54) is 24.3 Å². The molecule has 0 amide bonds. The third kappa shape index (κ3) is 2.71. The van der Waals surface area contributed by atoms with Gasteiger partial charge in [-0.05, 0) is 24.3 Å². The molecule has 0 saturated carbocycles. The van der Waals surface area contributed by atoms with Gasteiger partial charge in [0.05, 0.1) is 10.6 Å². The quantitative estimate of drug-likeness (QED) is 0.230. The van der Waals surface area contributed by atoms with E-state index in [0.29, 0.717) is 5.69 Å². The van der Waals surface area contributed by atoms with Gasteiger partial charge in [0, 0.05) is 5.69 Å². The second-order valence-corrected chi connectivity index (χ2v) is 4.00. The fourth-order valence-corrected chi connectivity index (χ4v) is 1.51. The number of hydrogen-bond acceptors (Lipinski definition) is 5. The first kappa shape index (κ1) is 15.4. The first-order valence-electron chi connectivity index (χ1n) is 5.60. The van der Waals surface area contributed by atoms with Gasteiger partial charge in [0.2, 0.25) is 11.6 Å². The van der Waals surface area contributed by atoms with Crippen LogP contribution in [0.1, 0.15) is 0 Å². The molecule has 0 aliphatic carbocycles. The minimum absolute atomic E-state index is 0.104. The third-order valence-electron chi connectivity index (χ3n) is 2.56. The molecular formula is C12H6F4N4O2. The smallest absolute Gasteiger partial charge is 0.346 e. The van der Waals surface area contributed by atoms with Gasteiger partial charge < -0.3 is 5.73 Å². The number of nitro groups is 1. The van der Waals surface area contributed by atoms with E-state index in [-0.39, 0.29) is 5.69 Å². The van der Waals surface area contributed by atoms with Gasteiger partial charge in [-0.25, -0.2) is 8.78 Å². The highest BCUT2D eigenvalue weighted by Gasteiger charge is 2.33. The van der Waals surface area contributed by atoms with Crippen LogP contribution in [0.5, 0.6) is 0 Å². The number of nitrogen functional groups attached to an aromatic ring is 1. The summed E-state index contributed by atoms with van der Waals surface area (Å²) in [5, 5.41) is 16.8. The first-order valence-corrected chi connectivity index (χ1v) is 5.60. The number of halogens is 4. The minimum atomic E-state index is -2.16. The number of nitro benzene ring substituents is 1. The van der Waals surface area contributed by atoms with Crippen molar-refractivity contribution in [1.29, 1.82) is 0 Å². The monoisotopic (exact) mass is 314 g/mol. The second-order valence-electron chi connectivity index (χ2n) is 4.00. The molecule has 0 aromatic heterocycles. The van der Waals surface area contributed by atoms with Crippen molar-refractivity contribution in [3.63, 3.8) is 0 Å². The molecule has 0 aliphatic rings. The Morgan fingerprint density at radius 3 is 1.86 bits per heavy atom. The van der Waals surface area contributed by atoms with Crippen LogP contribution in [0.3, 0.4) is 0 Å². The van der Waals surface area contributed by atoms with Crippen molar-refractivity contribution < 1.29 is 22.5 Å². The predicted molar refractivity (Wildman–Crippen MR) is 68.0 cm³/mol. The van der Waals surface area contributed by atoms with Gasteiger partial charge in [-0.2, -0.15) is 13.9 Å². The lowest BCUT2D eigenvalue weighted by molar-refractivity contribution is -0.390. The molecule has 0 fully saturated rings. The number of azo groups is 1. The van der Waals surface area contributed by atoms with Gasteiger partial charge >= 0.3 is 5.69 Å². The van der Waals surface area contributed by atoms with Crippen molar-refractivity contribution in [2.24, 2.45) is 10.2 Å². The van der Waals surface area contributed by atoms with Crippen LogP contribution in [0, 0.1) is 33.4 Å². The standard InChI is InChI=1S/C12H6F4N4O2/c13-7-9(15)12(20(21)22)10(16)8(14)11(7)19-18-6-3-1-5(17)2-4-6/h1-4H,17H2. The van der Waals surface area contributed by atoms with Gasteiger partial charge in [0.25, 0.3) is 0 Å². The molecule has 0 aliphatic heterocycles. The van der Waals surface area contributed by atoms with E-state index in [2.05, 4.69) is 10.2 Å². The van der Waals surface area contributed by atoms with Crippen LogP contribution in [-0.2, 0) is 0 Å². The van der Waals surface area contributed by atoms with E-state index >= 15 is 0 Å². The maximum absolute atomic E-state index is 13.6. The summed E-state index contributed by atoms with van der Waals surface area (Å²) in [5.41, 5.74) is 2.57. The Kier molecular flexibility index (Phi) is 4.02. The molecule has 114 valence electrons. The fraction of sp³-hybridized carbons (Fsp3) is 0. The molecule has 0 spiro atoms. The second kappa shape index (κ2) is 5.76. The highest BCUT2D eigenvalue weighted by atomic mass is 19.2. The molecule has 22 heavy (non-hydrogen) atoms. The summed E-state index contributed by atoms with van der Waals surface area (Å²) in [7, 11) is 0. The molecule has 0 saturated heterocycles. The number of nitrogens with two attached hydrogens (primary N) is 1. The van der Waals surface area contributed by atoms with Gasteiger partial charge in [0.15, 0.2) is 17.3 Å². The molecule has 0 radical (unpaired) electrons. The summed E-state index contributed by atoms with van der Waals surface area (Å²) >= 11 is 0. The van der Waals surface area contributed by atoms with E-state index in [1.54, 1.807) is 0 Å². The zero-order valence-corrected chi connectivity index (χ0v) is 10.6. The van der Waals surface area contributed by atoms with Crippen LogP contribution < -0.4 is 5.73 Å². The molecule has 2 rings (SSSR count). The van der Waals surface area contributed by atoms with Crippen molar-refractivity contribution in [2.75, 3.05) is 5.73 Å². The van der Waals surface area contributed by atoms with Crippen LogP contribution in [-0.4, -0.2) is 4.92 Å². The summed E-state index contributed by atoms with van der Waals surface area (Å²) in [4.78, 5) is 8.82. The molecule has 0 bridgehead atoms. The summed E-state index contributed by atoms with van der Waals surface area (Å²) < 4.78 is 53.9. The maximum Gasteiger partial charge on any atom is 0.346 e. The van der Waals surface area contributed by atoms with Gasteiger partial charge in [-0.15, -0.1) is 5.11 Å². The van der Waals surface area contributed by atoms with Crippen LogP contribution in [0.25, 0.3) is 0 Å². The zero-order chi connectivity index (χ0) is 16.4. The maximum atomic E-state index is 13.6. The van der Waals surface area contributed by atoms with Crippen LogP contribution in [0.2, 0.25) is 0 Å². The van der Waals surface area contributed by atoms with Crippen molar-refractivity contribution >= 4 is 22.7 Å². The molecule has 0 atom stereocenters. The van der Waals surface area contributed by atoms with E-state index in [4.69, 9.17) is 5.73 Å². The summed E-state index contributed by atoms with van der Waals surface area (Å²) in [5.74, 6) is -8.33. The molecular weight excluding hydrogens is 308 g/mol. The molecule has 2 N–H and O–H groups in total. The van der Waals surface area contributed by atoms with Crippen LogP contribution in [0.15, 0.2) is 34.5 Å². The molecule has 2 aromatic rings. The van der Waals surface area contributed by atoms with E-state index in [9.17, 15) is 27.7 Å². The van der Waals surface area contributed by atoms with E-state index in [0.717, 1.165) is 0 Å². The lowest BCUT2D eigenvalue weighted by Gasteiger charge is -2.02. The Bertz CT molecular complexity index is 749. The largest absolute Gasteiger partial charge is 0.399 e. The molecule has 10 heteroatoms. The van der Waals surface area contributed by atoms with Crippen molar-refractivity contribution in [3.05, 3.63) is 57.6 Å². The molecule has 0 heterocycles. The predicted octanol–water partition coefficient (Wildman–Crippen LogP) is 4.15. The molecule has 6 nitrogen and oxygen atoms in total. The Morgan fingerprint density at radius 2 is 1.41 bits per heavy atom. The Morgan fingerprint density at radius 1 is 0.909 bits per heavy atom. The SMILES string of the molecule is Nc1ccc(N=Nc2c(F)c(F)c([N+](=O)[O-])c(F)c2F)cc1. The van der Waals surface area contributed by atoms with Gasteiger partial charge in [-0.3, -0.25) is 10.1 Å². The minimum Gasteiger partial charge on any atom is -0.399 e. The average Bonchev–Trinajstić information content (AvgIpc) is 2.47. The summed E-state index contributed by atoms with van der Waals surface area (Å²) in [6.45, 7) is 0. The summed E-state index contributed by atoms with van der Waals surface area (Å²) in [6, 6.07) is 5.51. The Hall–Kier alpha value is -3.04. The molecule has 0 unspecified atom stereocenters. The van der Waals surface area contributed by atoms with Gasteiger partial charge in [-0.1, -0.05) is 0 Å². The number of benzene rings is 2. The zero-order valence-electron chi connectivity index (χ0n) is 10.6. The van der Waals surface area contributed by atoms with Crippen LogP contribution >= 0.6 is 0 Å². The third-order valence-corrected chi connectivity index (χ3v) is 2.56. The number of anilines is 1. The van der Waals surface area contributed by atoms with Crippen molar-refractivity contribution in [3.8, 4) is 0 Å². The highest BCUT2D eigenvalue weighted by Crippen LogP contribution is 2.35. The van der Waals surface area contributed by atoms with Crippen molar-refractivity contribution in [1.82, 2.24) is 0 Å². The van der Waals surface area contributed by atoms with E-state index < -0.39 is 39.6 Å². The molecule has 2 aromatic carbocycles. The van der Waals surface area contributed by atoms with Gasteiger partial charge in [0.1, 0.15) is 0 Å². The fourth-order valence-electron chi connectivity index (χ4n) is 1.51. The first-order chi connectivity index (χ1) is 10.3. The Labute approximate surface area is 120 Å². The number of rotatable bonds is 3. The Balaban J connectivity index is 2.52. The van der Waals surface area contributed by atoms with Crippen molar-refractivity contribution in [2.45, 2.75) is 0 Å². The normalized spacial score (nSPS) is 11.1. The number of hydrogen-bond donors (Lipinski definition) is 1.